The van der Waals surface area contributed by atoms with Crippen molar-refractivity contribution in [3.05, 3.63) is 0 Å². The molecule has 0 radical (unpaired) electrons. The van der Waals surface area contributed by atoms with E-state index in [1.807, 2.05) is 0 Å². The van der Waals surface area contributed by atoms with E-state index in [0.29, 0.717) is 18.9 Å². The molecule has 1 saturated carbocycles. The molecule has 1 saturated heterocycles. The van der Waals surface area contributed by atoms with Crippen molar-refractivity contribution in [2.45, 2.75) is 52.0 Å². The molecular formula is C13H21NO3. The van der Waals surface area contributed by atoms with Crippen molar-refractivity contribution in [3.8, 4) is 0 Å². The number of esters is 1. The number of hydrogen-bond acceptors (Lipinski definition) is 3. The Balaban J connectivity index is 2.14. The fraction of sp³-hybridized carbons (Fsp3) is 0.846. The van der Waals surface area contributed by atoms with Gasteiger partial charge < -0.3 is 10.1 Å². The minimum Gasteiger partial charge on any atom is -0.464 e. The van der Waals surface area contributed by atoms with Gasteiger partial charge in [0.05, 0.1) is 6.61 Å². The van der Waals surface area contributed by atoms with Gasteiger partial charge in [-0.1, -0.05) is 13.3 Å². The molecule has 1 amide bonds. The predicted molar refractivity (Wildman–Crippen MR) is 63.2 cm³/mol. The molecule has 4 nitrogen and oxygen atoms in total. The molecule has 0 aromatic carbocycles. The number of carbonyl (C=O) groups is 2. The normalized spacial score (nSPS) is 36.2. The first-order valence-corrected chi connectivity index (χ1v) is 6.57. The molecule has 2 rings (SSSR count). The SMILES string of the molecule is CCOC(=O)C1NC(=O)CC12CCC(CC)C2. The van der Waals surface area contributed by atoms with Crippen LogP contribution in [0, 0.1) is 11.3 Å². The molecule has 0 bridgehead atoms. The molecule has 17 heavy (non-hydrogen) atoms. The van der Waals surface area contributed by atoms with Crippen LogP contribution in [0.5, 0.6) is 0 Å². The summed E-state index contributed by atoms with van der Waals surface area (Å²) >= 11 is 0. The summed E-state index contributed by atoms with van der Waals surface area (Å²) in [5.41, 5.74) is -0.163. The van der Waals surface area contributed by atoms with Crippen LogP contribution >= 0.6 is 0 Å². The molecule has 4 heteroatoms. The minimum atomic E-state index is -0.411. The van der Waals surface area contributed by atoms with Crippen molar-refractivity contribution < 1.29 is 14.3 Å². The van der Waals surface area contributed by atoms with E-state index in [9.17, 15) is 9.59 Å². The summed E-state index contributed by atoms with van der Waals surface area (Å²) in [4.78, 5) is 23.5. The molecule has 1 aliphatic heterocycles. The lowest BCUT2D eigenvalue weighted by Gasteiger charge is -2.28. The Kier molecular flexibility index (Phi) is 3.40. The van der Waals surface area contributed by atoms with Crippen molar-refractivity contribution in [2.75, 3.05) is 6.61 Å². The van der Waals surface area contributed by atoms with Crippen LogP contribution < -0.4 is 5.32 Å². The number of amides is 1. The molecule has 2 fully saturated rings. The topological polar surface area (TPSA) is 55.4 Å². The van der Waals surface area contributed by atoms with Crippen LogP contribution in [0.2, 0.25) is 0 Å². The van der Waals surface area contributed by atoms with E-state index in [2.05, 4.69) is 12.2 Å². The molecule has 1 aliphatic carbocycles. The van der Waals surface area contributed by atoms with Crippen LogP contribution in [0.1, 0.15) is 46.0 Å². The van der Waals surface area contributed by atoms with Gasteiger partial charge >= 0.3 is 5.97 Å². The van der Waals surface area contributed by atoms with Gasteiger partial charge in [0.1, 0.15) is 6.04 Å². The highest BCUT2D eigenvalue weighted by Crippen LogP contribution is 2.50. The van der Waals surface area contributed by atoms with Gasteiger partial charge in [0.15, 0.2) is 0 Å². The maximum atomic E-state index is 11.9. The van der Waals surface area contributed by atoms with Gasteiger partial charge in [-0.3, -0.25) is 4.79 Å². The maximum Gasteiger partial charge on any atom is 0.329 e. The molecule has 1 spiro atoms. The van der Waals surface area contributed by atoms with Crippen LogP contribution in [0.15, 0.2) is 0 Å². The smallest absolute Gasteiger partial charge is 0.329 e. The Bertz CT molecular complexity index is 329. The molecule has 0 aromatic heterocycles. The molecule has 0 aromatic rings. The number of carbonyl (C=O) groups excluding carboxylic acids is 2. The zero-order valence-corrected chi connectivity index (χ0v) is 10.6. The largest absolute Gasteiger partial charge is 0.464 e. The fourth-order valence-electron chi connectivity index (χ4n) is 3.36. The number of hydrogen-bond donors (Lipinski definition) is 1. The lowest BCUT2D eigenvalue weighted by atomic mass is 9.78. The van der Waals surface area contributed by atoms with E-state index in [0.717, 1.165) is 25.7 Å². The van der Waals surface area contributed by atoms with E-state index >= 15 is 0 Å². The lowest BCUT2D eigenvalue weighted by molar-refractivity contribution is -0.148. The van der Waals surface area contributed by atoms with Crippen molar-refractivity contribution in [3.63, 3.8) is 0 Å². The Hall–Kier alpha value is -1.06. The van der Waals surface area contributed by atoms with Crippen LogP contribution in [0.25, 0.3) is 0 Å². The van der Waals surface area contributed by atoms with Crippen molar-refractivity contribution in [1.29, 1.82) is 0 Å². The summed E-state index contributed by atoms with van der Waals surface area (Å²) in [5.74, 6) is 0.398. The number of ether oxygens (including phenoxy) is 1. The van der Waals surface area contributed by atoms with E-state index in [-0.39, 0.29) is 17.3 Å². The Morgan fingerprint density at radius 1 is 1.53 bits per heavy atom. The highest BCUT2D eigenvalue weighted by Gasteiger charge is 2.54. The summed E-state index contributed by atoms with van der Waals surface area (Å²) in [6, 6.07) is -0.411. The van der Waals surface area contributed by atoms with E-state index in [4.69, 9.17) is 4.74 Å². The van der Waals surface area contributed by atoms with E-state index in [1.54, 1.807) is 6.92 Å². The van der Waals surface area contributed by atoms with Crippen LogP contribution in [-0.2, 0) is 14.3 Å². The lowest BCUT2D eigenvalue weighted by Crippen LogP contribution is -2.43. The van der Waals surface area contributed by atoms with Gasteiger partial charge in [0, 0.05) is 11.8 Å². The minimum absolute atomic E-state index is 0.000180. The average molecular weight is 239 g/mol. The Morgan fingerprint density at radius 3 is 2.88 bits per heavy atom. The molecule has 96 valence electrons. The summed E-state index contributed by atoms with van der Waals surface area (Å²) < 4.78 is 5.08. The summed E-state index contributed by atoms with van der Waals surface area (Å²) in [7, 11) is 0. The van der Waals surface area contributed by atoms with Crippen LogP contribution in [0.4, 0.5) is 0 Å². The fourth-order valence-corrected chi connectivity index (χ4v) is 3.36. The zero-order chi connectivity index (χ0) is 12.5. The number of nitrogens with one attached hydrogen (secondary N) is 1. The average Bonchev–Trinajstić information content (AvgIpc) is 2.84. The highest BCUT2D eigenvalue weighted by atomic mass is 16.5. The van der Waals surface area contributed by atoms with Gasteiger partial charge in [0.25, 0.3) is 0 Å². The monoisotopic (exact) mass is 239 g/mol. The van der Waals surface area contributed by atoms with Gasteiger partial charge in [0.2, 0.25) is 5.91 Å². The summed E-state index contributed by atoms with van der Waals surface area (Å²) in [6.07, 6.45) is 4.69. The van der Waals surface area contributed by atoms with Crippen LogP contribution in [0.3, 0.4) is 0 Å². The van der Waals surface area contributed by atoms with Gasteiger partial charge in [-0.2, -0.15) is 0 Å². The van der Waals surface area contributed by atoms with Crippen molar-refractivity contribution in [1.82, 2.24) is 5.32 Å². The standard InChI is InChI=1S/C13H21NO3/c1-3-9-5-6-13(7-9)8-10(15)14-11(13)12(16)17-4-2/h9,11H,3-8H2,1-2H3,(H,14,15). The predicted octanol–water partition coefficient (Wildman–Crippen LogP) is 1.63. The summed E-state index contributed by atoms with van der Waals surface area (Å²) in [6.45, 7) is 4.34. The zero-order valence-electron chi connectivity index (χ0n) is 10.6. The first kappa shape index (κ1) is 12.4. The Labute approximate surface area is 102 Å². The first-order valence-electron chi connectivity index (χ1n) is 6.57. The molecule has 3 atom stereocenters. The second-order valence-electron chi connectivity index (χ2n) is 5.31. The van der Waals surface area contributed by atoms with Gasteiger partial charge in [-0.05, 0) is 32.1 Å². The third-order valence-corrected chi connectivity index (χ3v) is 4.28. The second-order valence-corrected chi connectivity index (χ2v) is 5.31. The molecule has 2 aliphatic rings. The third kappa shape index (κ3) is 2.17. The summed E-state index contributed by atoms with van der Waals surface area (Å²) in [5, 5.41) is 2.80. The molecule has 3 unspecified atom stereocenters. The third-order valence-electron chi connectivity index (χ3n) is 4.28. The molecular weight excluding hydrogens is 218 g/mol. The van der Waals surface area contributed by atoms with E-state index in [1.165, 1.54) is 0 Å². The highest BCUT2D eigenvalue weighted by molar-refractivity contribution is 5.90. The van der Waals surface area contributed by atoms with Crippen molar-refractivity contribution >= 4 is 11.9 Å². The van der Waals surface area contributed by atoms with E-state index < -0.39 is 6.04 Å². The van der Waals surface area contributed by atoms with Crippen LogP contribution in [-0.4, -0.2) is 24.5 Å². The van der Waals surface area contributed by atoms with Gasteiger partial charge in [-0.15, -0.1) is 0 Å². The van der Waals surface area contributed by atoms with Gasteiger partial charge in [-0.25, -0.2) is 4.79 Å². The molecule has 1 N–H and O–H groups in total. The second kappa shape index (κ2) is 4.67. The number of rotatable bonds is 3. The Morgan fingerprint density at radius 2 is 2.29 bits per heavy atom. The molecule has 1 heterocycles. The quantitative estimate of drug-likeness (QED) is 0.762. The maximum absolute atomic E-state index is 11.9. The van der Waals surface area contributed by atoms with Crippen molar-refractivity contribution in [2.24, 2.45) is 11.3 Å². The first-order chi connectivity index (χ1) is 8.11.